The Morgan fingerprint density at radius 3 is 2.38 bits per heavy atom. The molecule has 0 saturated heterocycles. The van der Waals surface area contributed by atoms with Crippen molar-refractivity contribution in [1.29, 1.82) is 0 Å². The maximum absolute atomic E-state index is 12.5. The summed E-state index contributed by atoms with van der Waals surface area (Å²) in [5.74, 6) is 0.505. The zero-order valence-electron chi connectivity index (χ0n) is 20.7. The van der Waals surface area contributed by atoms with Gasteiger partial charge >= 0.3 is 6.03 Å². The summed E-state index contributed by atoms with van der Waals surface area (Å²) in [6.07, 6.45) is -0.870. The van der Waals surface area contributed by atoms with E-state index in [1.165, 1.54) is 5.56 Å². The van der Waals surface area contributed by atoms with Crippen LogP contribution in [0.5, 0.6) is 5.75 Å². The molecule has 0 aromatic heterocycles. The highest BCUT2D eigenvalue weighted by atomic mass is 16.5. The summed E-state index contributed by atoms with van der Waals surface area (Å²) < 4.78 is 5.77. The molecule has 0 fully saturated rings. The van der Waals surface area contributed by atoms with E-state index >= 15 is 0 Å². The van der Waals surface area contributed by atoms with Gasteiger partial charge in [0, 0.05) is 30.6 Å². The molecule has 0 aliphatic carbocycles. The number of aryl methyl sites for hydroxylation is 1. The molecule has 0 bridgehead atoms. The first-order valence-electron chi connectivity index (χ1n) is 12.2. The smallest absolute Gasteiger partial charge is 0.315 e. The Labute approximate surface area is 216 Å². The fourth-order valence-corrected chi connectivity index (χ4v) is 3.83. The van der Waals surface area contributed by atoms with Crippen LogP contribution in [0.15, 0.2) is 91.0 Å². The zero-order valence-corrected chi connectivity index (χ0v) is 20.7. The van der Waals surface area contributed by atoms with Gasteiger partial charge in [0.1, 0.15) is 18.5 Å². The number of ether oxygens (including phenoxy) is 1. The predicted octanol–water partition coefficient (Wildman–Crippen LogP) is 4.32. The van der Waals surface area contributed by atoms with Gasteiger partial charge < -0.3 is 25.8 Å². The van der Waals surface area contributed by atoms with Crippen LogP contribution in [0, 0.1) is 6.92 Å². The van der Waals surface area contributed by atoms with Gasteiger partial charge in [-0.15, -0.1) is 0 Å². The van der Waals surface area contributed by atoms with E-state index in [0.717, 1.165) is 21.9 Å². The van der Waals surface area contributed by atoms with Gasteiger partial charge in [-0.05, 0) is 41.6 Å². The number of hydrogen-bond donors (Lipinski definition) is 4. The summed E-state index contributed by atoms with van der Waals surface area (Å²) in [6.45, 7) is 2.79. The van der Waals surface area contributed by atoms with Crippen LogP contribution in [0.3, 0.4) is 0 Å². The topological polar surface area (TPSA) is 99.7 Å². The third kappa shape index (κ3) is 7.56. The maximum atomic E-state index is 12.5. The second-order valence-electron chi connectivity index (χ2n) is 8.87. The van der Waals surface area contributed by atoms with E-state index < -0.39 is 12.1 Å². The van der Waals surface area contributed by atoms with Gasteiger partial charge in [0.2, 0.25) is 0 Å². The first kappa shape index (κ1) is 25.7. The molecule has 3 amide bonds. The fraction of sp³-hybridized carbons (Fsp3) is 0.200. The molecule has 0 aliphatic rings. The number of fused-ring (bicyclic) bond motifs is 1. The molecule has 0 saturated carbocycles. The molecule has 4 rings (SSSR count). The van der Waals surface area contributed by atoms with Crippen molar-refractivity contribution in [3.63, 3.8) is 0 Å². The van der Waals surface area contributed by atoms with Gasteiger partial charge in [-0.1, -0.05) is 78.4 Å². The summed E-state index contributed by atoms with van der Waals surface area (Å²) in [7, 11) is 0. The number of aliphatic hydroxyl groups is 1. The van der Waals surface area contributed by atoms with Crippen molar-refractivity contribution in [2.45, 2.75) is 26.1 Å². The molecule has 190 valence electrons. The van der Waals surface area contributed by atoms with E-state index in [0.29, 0.717) is 17.9 Å². The van der Waals surface area contributed by atoms with E-state index in [2.05, 4.69) is 16.0 Å². The lowest BCUT2D eigenvalue weighted by molar-refractivity contribution is 0.0950. The van der Waals surface area contributed by atoms with Crippen LogP contribution < -0.4 is 20.7 Å². The van der Waals surface area contributed by atoms with Crippen LogP contribution in [0.4, 0.5) is 4.79 Å². The molecule has 4 aromatic rings. The molecule has 0 radical (unpaired) electrons. The molecule has 0 spiro atoms. The van der Waals surface area contributed by atoms with E-state index in [1.54, 1.807) is 18.2 Å². The van der Waals surface area contributed by atoms with Crippen molar-refractivity contribution in [3.8, 4) is 5.75 Å². The van der Waals surface area contributed by atoms with Crippen LogP contribution >= 0.6 is 0 Å². The number of aliphatic hydroxyl groups excluding tert-OH is 1. The van der Waals surface area contributed by atoms with Crippen molar-refractivity contribution < 1.29 is 19.4 Å². The molecular weight excluding hydrogens is 466 g/mol. The number of carbonyl (C=O) groups is 2. The summed E-state index contributed by atoms with van der Waals surface area (Å²) in [6, 6.07) is 28.3. The summed E-state index contributed by atoms with van der Waals surface area (Å²) in [4.78, 5) is 24.8. The van der Waals surface area contributed by atoms with Crippen molar-refractivity contribution >= 4 is 22.7 Å². The van der Waals surface area contributed by atoms with Crippen LogP contribution in [-0.4, -0.2) is 36.3 Å². The van der Waals surface area contributed by atoms with E-state index in [4.69, 9.17) is 4.74 Å². The maximum Gasteiger partial charge on any atom is 0.315 e. The number of benzene rings is 4. The van der Waals surface area contributed by atoms with Gasteiger partial charge in [-0.2, -0.15) is 0 Å². The summed E-state index contributed by atoms with van der Waals surface area (Å²) in [5.41, 5.74) is 3.51. The Balaban J connectivity index is 1.19. The molecule has 4 N–H and O–H groups in total. The van der Waals surface area contributed by atoms with Crippen molar-refractivity contribution in [1.82, 2.24) is 16.0 Å². The largest absolute Gasteiger partial charge is 0.490 e. The number of carbonyl (C=O) groups excluding carboxylic acids is 2. The summed E-state index contributed by atoms with van der Waals surface area (Å²) in [5, 5.41) is 20.6. The minimum absolute atomic E-state index is 0.0397. The van der Waals surface area contributed by atoms with Gasteiger partial charge in [0.05, 0.1) is 0 Å². The van der Waals surface area contributed by atoms with Crippen molar-refractivity contribution in [3.05, 3.63) is 113 Å². The molecule has 4 aromatic carbocycles. The highest BCUT2D eigenvalue weighted by molar-refractivity contribution is 5.94. The number of nitrogens with one attached hydrogen (secondary N) is 3. The number of hydrogen-bond acceptors (Lipinski definition) is 4. The molecule has 37 heavy (non-hydrogen) atoms. The van der Waals surface area contributed by atoms with E-state index in [1.807, 2.05) is 79.7 Å². The van der Waals surface area contributed by atoms with Gasteiger partial charge in [0.15, 0.2) is 0 Å². The highest BCUT2D eigenvalue weighted by Crippen LogP contribution is 2.25. The minimum atomic E-state index is -0.870. The SMILES string of the molecule is Cc1ccc(CNC(=O)c2cccc(CNC(=O)NCC(O)COc3cccc4ccccc34)c2)cc1. The average Bonchev–Trinajstić information content (AvgIpc) is 2.93. The van der Waals surface area contributed by atoms with Crippen molar-refractivity contribution in [2.24, 2.45) is 0 Å². The third-order valence-corrected chi connectivity index (χ3v) is 5.90. The van der Waals surface area contributed by atoms with Crippen LogP contribution in [-0.2, 0) is 13.1 Å². The Morgan fingerprint density at radius 2 is 1.54 bits per heavy atom. The second-order valence-corrected chi connectivity index (χ2v) is 8.87. The Kier molecular flexibility index (Phi) is 8.73. The van der Waals surface area contributed by atoms with Crippen LogP contribution in [0.2, 0.25) is 0 Å². The van der Waals surface area contributed by atoms with E-state index in [9.17, 15) is 14.7 Å². The Bertz CT molecular complexity index is 1350. The molecule has 0 aliphatic heterocycles. The molecule has 7 nitrogen and oxygen atoms in total. The second kappa shape index (κ2) is 12.6. The molecule has 1 atom stereocenters. The van der Waals surface area contributed by atoms with Gasteiger partial charge in [-0.3, -0.25) is 4.79 Å². The monoisotopic (exact) mass is 497 g/mol. The standard InChI is InChI=1S/C30H31N3O4/c1-21-12-14-22(15-13-21)17-31-29(35)25-9-4-6-23(16-25)18-32-30(36)33-19-26(34)20-37-28-11-5-8-24-7-2-3-10-27(24)28/h2-16,26,34H,17-20H2,1H3,(H,31,35)(H2,32,33,36). The first-order valence-corrected chi connectivity index (χ1v) is 12.2. The van der Waals surface area contributed by atoms with E-state index in [-0.39, 0.29) is 25.6 Å². The average molecular weight is 498 g/mol. The Morgan fingerprint density at radius 1 is 0.811 bits per heavy atom. The zero-order chi connectivity index (χ0) is 26.0. The fourth-order valence-electron chi connectivity index (χ4n) is 3.83. The van der Waals surface area contributed by atoms with Crippen LogP contribution in [0.1, 0.15) is 27.0 Å². The lowest BCUT2D eigenvalue weighted by atomic mass is 10.1. The van der Waals surface area contributed by atoms with Crippen molar-refractivity contribution in [2.75, 3.05) is 13.2 Å². The third-order valence-electron chi connectivity index (χ3n) is 5.90. The number of urea groups is 1. The van der Waals surface area contributed by atoms with Gasteiger partial charge in [0.25, 0.3) is 5.91 Å². The number of amides is 3. The Hall–Kier alpha value is -4.36. The quantitative estimate of drug-likeness (QED) is 0.262. The highest BCUT2D eigenvalue weighted by Gasteiger charge is 2.10. The minimum Gasteiger partial charge on any atom is -0.490 e. The lowest BCUT2D eigenvalue weighted by Crippen LogP contribution is -2.41. The predicted molar refractivity (Wildman–Crippen MR) is 144 cm³/mol. The van der Waals surface area contributed by atoms with Gasteiger partial charge in [-0.25, -0.2) is 4.79 Å². The molecular formula is C30H31N3O4. The molecule has 1 unspecified atom stereocenters. The molecule has 7 heteroatoms. The number of rotatable bonds is 10. The first-order chi connectivity index (χ1) is 18.0. The normalized spacial score (nSPS) is 11.5. The molecule has 0 heterocycles. The van der Waals surface area contributed by atoms with Crippen LogP contribution in [0.25, 0.3) is 10.8 Å². The summed E-state index contributed by atoms with van der Waals surface area (Å²) >= 11 is 0. The lowest BCUT2D eigenvalue weighted by Gasteiger charge is -2.15.